The van der Waals surface area contributed by atoms with Gasteiger partial charge in [-0.1, -0.05) is 15.9 Å². The third-order valence-corrected chi connectivity index (χ3v) is 3.34. The number of hydrogen-bond acceptors (Lipinski definition) is 3. The van der Waals surface area contributed by atoms with Crippen molar-refractivity contribution in [1.82, 2.24) is 10.2 Å². The first-order chi connectivity index (χ1) is 8.08. The van der Waals surface area contributed by atoms with Crippen molar-refractivity contribution in [2.45, 2.75) is 13.0 Å². The van der Waals surface area contributed by atoms with Crippen LogP contribution < -0.4 is 5.32 Å². The highest BCUT2D eigenvalue weighted by Crippen LogP contribution is 2.23. The molecule has 1 aromatic carbocycles. The topological polar surface area (TPSA) is 52.6 Å². The van der Waals surface area contributed by atoms with Crippen LogP contribution in [0.15, 0.2) is 22.7 Å². The van der Waals surface area contributed by atoms with Gasteiger partial charge in [0.25, 0.3) is 5.91 Å². The Morgan fingerprint density at radius 1 is 1.59 bits per heavy atom. The smallest absolute Gasteiger partial charge is 0.257 e. The van der Waals surface area contributed by atoms with Crippen molar-refractivity contribution in [3.05, 3.63) is 28.2 Å². The Morgan fingerprint density at radius 3 is 3.00 bits per heavy atom. The second-order valence-corrected chi connectivity index (χ2v) is 5.18. The number of carbonyl (C=O) groups is 1. The van der Waals surface area contributed by atoms with Crippen LogP contribution in [0.4, 0.5) is 0 Å². The van der Waals surface area contributed by atoms with Gasteiger partial charge in [0, 0.05) is 30.1 Å². The molecule has 0 aromatic heterocycles. The van der Waals surface area contributed by atoms with Gasteiger partial charge < -0.3 is 15.3 Å². The van der Waals surface area contributed by atoms with Crippen LogP contribution in [0.2, 0.25) is 0 Å². The van der Waals surface area contributed by atoms with E-state index in [4.69, 9.17) is 0 Å². The van der Waals surface area contributed by atoms with E-state index in [0.717, 1.165) is 11.0 Å². The van der Waals surface area contributed by atoms with Crippen LogP contribution in [0.3, 0.4) is 0 Å². The van der Waals surface area contributed by atoms with Gasteiger partial charge in [0.1, 0.15) is 5.75 Å². The van der Waals surface area contributed by atoms with Crippen molar-refractivity contribution in [2.24, 2.45) is 0 Å². The van der Waals surface area contributed by atoms with E-state index in [2.05, 4.69) is 21.2 Å². The number of hydrogen-bond donors (Lipinski definition) is 2. The van der Waals surface area contributed by atoms with Crippen LogP contribution >= 0.6 is 15.9 Å². The minimum atomic E-state index is -0.108. The summed E-state index contributed by atoms with van der Waals surface area (Å²) in [5.74, 6) is -0.0843. The number of rotatable bonds is 1. The first-order valence-electron chi connectivity index (χ1n) is 5.59. The highest BCUT2D eigenvalue weighted by atomic mass is 79.9. The molecule has 2 N–H and O–H groups in total. The average molecular weight is 299 g/mol. The highest BCUT2D eigenvalue weighted by molar-refractivity contribution is 9.10. The molecule has 1 fully saturated rings. The summed E-state index contributed by atoms with van der Waals surface area (Å²) in [5, 5.41) is 13.0. The zero-order valence-electron chi connectivity index (χ0n) is 9.61. The van der Waals surface area contributed by atoms with E-state index in [-0.39, 0.29) is 11.7 Å². The molecule has 0 aliphatic carbocycles. The van der Waals surface area contributed by atoms with Gasteiger partial charge >= 0.3 is 0 Å². The molecule has 1 heterocycles. The summed E-state index contributed by atoms with van der Waals surface area (Å²) in [7, 11) is 0. The van der Waals surface area contributed by atoms with Crippen LogP contribution in [0, 0.1) is 0 Å². The van der Waals surface area contributed by atoms with E-state index < -0.39 is 0 Å². The summed E-state index contributed by atoms with van der Waals surface area (Å²) in [5.41, 5.74) is 0.363. The Hall–Kier alpha value is -1.07. The maximum absolute atomic E-state index is 12.2. The van der Waals surface area contributed by atoms with Gasteiger partial charge in [-0.05, 0) is 25.1 Å². The summed E-state index contributed by atoms with van der Waals surface area (Å²) < 4.78 is 0.764. The van der Waals surface area contributed by atoms with Crippen molar-refractivity contribution < 1.29 is 9.90 Å². The molecule has 0 spiro atoms. The molecule has 92 valence electrons. The molecule has 17 heavy (non-hydrogen) atoms. The number of phenolic OH excluding ortho intramolecular Hbond substituents is 1. The first kappa shape index (κ1) is 12.4. The largest absolute Gasteiger partial charge is 0.507 e. The lowest BCUT2D eigenvalue weighted by Crippen LogP contribution is -2.51. The van der Waals surface area contributed by atoms with Gasteiger partial charge in [0.15, 0.2) is 0 Å². The molecule has 0 bridgehead atoms. The van der Waals surface area contributed by atoms with E-state index in [0.29, 0.717) is 24.7 Å². The normalized spacial score (nSPS) is 20.4. The van der Waals surface area contributed by atoms with Crippen molar-refractivity contribution >= 4 is 21.8 Å². The molecule has 5 heteroatoms. The zero-order chi connectivity index (χ0) is 12.4. The average Bonchev–Trinajstić information content (AvgIpc) is 2.28. The third kappa shape index (κ3) is 2.79. The summed E-state index contributed by atoms with van der Waals surface area (Å²) in [6.45, 7) is 4.19. The summed E-state index contributed by atoms with van der Waals surface area (Å²) in [4.78, 5) is 14.0. The lowest BCUT2D eigenvalue weighted by atomic mass is 10.1. The SMILES string of the molecule is CC1CN(C(=O)c2ccc(Br)cc2O)CCN1. The van der Waals surface area contributed by atoms with Crippen molar-refractivity contribution in [3.63, 3.8) is 0 Å². The molecule has 0 saturated carbocycles. The molecular formula is C12H15BrN2O2. The number of amides is 1. The molecular weight excluding hydrogens is 284 g/mol. The predicted octanol–water partition coefficient (Wildman–Crippen LogP) is 1.59. The molecule has 1 saturated heterocycles. The van der Waals surface area contributed by atoms with Gasteiger partial charge in [0.05, 0.1) is 5.56 Å². The fourth-order valence-electron chi connectivity index (χ4n) is 1.97. The second kappa shape index (κ2) is 5.06. The molecule has 1 aliphatic rings. The minimum Gasteiger partial charge on any atom is -0.507 e. The van der Waals surface area contributed by atoms with Crippen LogP contribution in [0.5, 0.6) is 5.75 Å². The molecule has 4 nitrogen and oxygen atoms in total. The number of phenols is 1. The lowest BCUT2D eigenvalue weighted by Gasteiger charge is -2.32. The second-order valence-electron chi connectivity index (χ2n) is 4.27. The Labute approximate surface area is 109 Å². The third-order valence-electron chi connectivity index (χ3n) is 2.85. The molecule has 1 amide bonds. The van der Waals surface area contributed by atoms with E-state index in [9.17, 15) is 9.90 Å². The fraction of sp³-hybridized carbons (Fsp3) is 0.417. The summed E-state index contributed by atoms with van der Waals surface area (Å²) in [6.07, 6.45) is 0. The molecule has 1 aliphatic heterocycles. The van der Waals surface area contributed by atoms with Gasteiger partial charge in [-0.25, -0.2) is 0 Å². The van der Waals surface area contributed by atoms with Crippen LogP contribution in [0.25, 0.3) is 0 Å². The minimum absolute atomic E-state index is 0.0237. The number of nitrogens with one attached hydrogen (secondary N) is 1. The Bertz CT molecular complexity index is 437. The van der Waals surface area contributed by atoms with E-state index in [1.165, 1.54) is 0 Å². The first-order valence-corrected chi connectivity index (χ1v) is 6.38. The Balaban J connectivity index is 2.18. The maximum atomic E-state index is 12.2. The number of halogens is 1. The maximum Gasteiger partial charge on any atom is 0.257 e. The highest BCUT2D eigenvalue weighted by Gasteiger charge is 2.23. The Kier molecular flexibility index (Phi) is 3.69. The number of aromatic hydroxyl groups is 1. The van der Waals surface area contributed by atoms with Crippen LogP contribution in [0.1, 0.15) is 17.3 Å². The fourth-order valence-corrected chi connectivity index (χ4v) is 2.32. The predicted molar refractivity (Wildman–Crippen MR) is 69.2 cm³/mol. The van der Waals surface area contributed by atoms with Crippen molar-refractivity contribution in [2.75, 3.05) is 19.6 Å². The number of benzene rings is 1. The van der Waals surface area contributed by atoms with Gasteiger partial charge in [0.2, 0.25) is 0 Å². The Morgan fingerprint density at radius 2 is 2.35 bits per heavy atom. The number of piperazine rings is 1. The summed E-state index contributed by atoms with van der Waals surface area (Å²) >= 11 is 3.26. The number of nitrogens with zero attached hydrogens (tertiary/aromatic N) is 1. The number of carbonyl (C=O) groups excluding carboxylic acids is 1. The molecule has 0 radical (unpaired) electrons. The van der Waals surface area contributed by atoms with Crippen LogP contribution in [-0.4, -0.2) is 41.6 Å². The molecule has 1 atom stereocenters. The lowest BCUT2D eigenvalue weighted by molar-refractivity contribution is 0.0706. The van der Waals surface area contributed by atoms with Crippen molar-refractivity contribution in [1.29, 1.82) is 0 Å². The van der Waals surface area contributed by atoms with Gasteiger partial charge in [-0.2, -0.15) is 0 Å². The standard InChI is InChI=1S/C12H15BrN2O2/c1-8-7-15(5-4-14-8)12(17)10-3-2-9(13)6-11(10)16/h2-3,6,8,14,16H,4-5,7H2,1H3. The van der Waals surface area contributed by atoms with Crippen LogP contribution in [-0.2, 0) is 0 Å². The molecule has 1 unspecified atom stereocenters. The summed E-state index contributed by atoms with van der Waals surface area (Å²) in [6, 6.07) is 5.25. The molecule has 2 rings (SSSR count). The monoisotopic (exact) mass is 298 g/mol. The zero-order valence-corrected chi connectivity index (χ0v) is 11.2. The van der Waals surface area contributed by atoms with Gasteiger partial charge in [-0.15, -0.1) is 0 Å². The molecule has 1 aromatic rings. The quantitative estimate of drug-likeness (QED) is 0.828. The van der Waals surface area contributed by atoms with E-state index in [1.54, 1.807) is 23.1 Å². The van der Waals surface area contributed by atoms with Crippen molar-refractivity contribution in [3.8, 4) is 5.75 Å². The van der Waals surface area contributed by atoms with E-state index in [1.807, 2.05) is 6.92 Å². The van der Waals surface area contributed by atoms with E-state index >= 15 is 0 Å². The van der Waals surface area contributed by atoms with Gasteiger partial charge in [-0.3, -0.25) is 4.79 Å².